The van der Waals surface area contributed by atoms with Crippen molar-refractivity contribution in [2.45, 2.75) is 66.0 Å². The summed E-state index contributed by atoms with van der Waals surface area (Å²) in [4.78, 5) is 11.1. The normalized spacial score (nSPS) is 26.3. The average Bonchev–Trinajstić information content (AvgIpc) is 1.96. The van der Waals surface area contributed by atoms with Gasteiger partial charge in [-0.15, -0.1) is 0 Å². The Morgan fingerprint density at radius 3 is 2.06 bits per heavy atom. The van der Waals surface area contributed by atoms with E-state index in [9.17, 15) is 4.79 Å². The van der Waals surface area contributed by atoms with Crippen LogP contribution in [0.5, 0.6) is 0 Å². The van der Waals surface area contributed by atoms with E-state index < -0.39 is 0 Å². The summed E-state index contributed by atoms with van der Waals surface area (Å²) < 4.78 is 0. The Hall–Kier alpha value is -0.570. The monoisotopic (exact) mass is 226 g/mol. The van der Waals surface area contributed by atoms with Crippen molar-refractivity contribution in [3.63, 3.8) is 0 Å². The molecule has 1 atom stereocenters. The van der Waals surface area contributed by atoms with Crippen LogP contribution in [0.3, 0.4) is 0 Å². The van der Waals surface area contributed by atoms with Crippen molar-refractivity contribution in [3.8, 4) is 0 Å². The molecule has 3 heteroatoms. The topological polar surface area (TPSA) is 55.1 Å². The molecule has 0 aliphatic heterocycles. The fourth-order valence-corrected chi connectivity index (χ4v) is 3.40. The predicted molar refractivity (Wildman–Crippen MR) is 67.0 cm³/mol. The summed E-state index contributed by atoms with van der Waals surface area (Å²) in [5.41, 5.74) is 5.97. The average molecular weight is 226 g/mol. The van der Waals surface area contributed by atoms with Gasteiger partial charge in [-0.2, -0.15) is 0 Å². The van der Waals surface area contributed by atoms with Crippen molar-refractivity contribution < 1.29 is 4.79 Å². The van der Waals surface area contributed by atoms with Gasteiger partial charge in [0.25, 0.3) is 0 Å². The minimum absolute atomic E-state index is 0.227. The summed E-state index contributed by atoms with van der Waals surface area (Å²) in [6, 6.07) is 0.177. The Bertz CT molecular complexity index is 255. The van der Waals surface area contributed by atoms with Crippen molar-refractivity contribution in [2.24, 2.45) is 16.6 Å². The van der Waals surface area contributed by atoms with Gasteiger partial charge in [0, 0.05) is 6.04 Å². The predicted octanol–water partition coefficient (Wildman–Crippen LogP) is 2.05. The van der Waals surface area contributed by atoms with Crippen molar-refractivity contribution in [1.82, 2.24) is 5.32 Å². The molecule has 0 aromatic rings. The van der Waals surface area contributed by atoms with Gasteiger partial charge in [0.15, 0.2) is 0 Å². The molecule has 0 radical (unpaired) electrons. The van der Waals surface area contributed by atoms with Crippen LogP contribution in [0, 0.1) is 10.8 Å². The molecule has 1 rings (SSSR count). The van der Waals surface area contributed by atoms with Gasteiger partial charge in [-0.05, 0) is 37.0 Å². The Kier molecular flexibility index (Phi) is 3.68. The SMILES string of the molecule is CC(NC1CC(C)(C)CC(C)(C)C1)C(N)=O. The zero-order valence-electron chi connectivity index (χ0n) is 11.3. The smallest absolute Gasteiger partial charge is 0.234 e. The molecule has 3 nitrogen and oxygen atoms in total. The maximum absolute atomic E-state index is 11.1. The Balaban J connectivity index is 2.64. The maximum Gasteiger partial charge on any atom is 0.234 e. The third kappa shape index (κ3) is 3.78. The lowest BCUT2D eigenvalue weighted by Gasteiger charge is -2.45. The zero-order valence-corrected chi connectivity index (χ0v) is 11.3. The number of hydrogen-bond acceptors (Lipinski definition) is 2. The van der Waals surface area contributed by atoms with Gasteiger partial charge in [0.1, 0.15) is 0 Å². The summed E-state index contributed by atoms with van der Waals surface area (Å²) in [6.07, 6.45) is 3.48. The van der Waals surface area contributed by atoms with Crippen LogP contribution in [0.25, 0.3) is 0 Å². The van der Waals surface area contributed by atoms with Crippen molar-refractivity contribution in [2.75, 3.05) is 0 Å². The highest BCUT2D eigenvalue weighted by molar-refractivity contribution is 5.79. The summed E-state index contributed by atoms with van der Waals surface area (Å²) in [5, 5.41) is 3.35. The number of nitrogens with one attached hydrogen (secondary N) is 1. The highest BCUT2D eigenvalue weighted by atomic mass is 16.1. The number of primary amides is 1. The molecule has 1 fully saturated rings. The molecule has 0 aromatic carbocycles. The highest BCUT2D eigenvalue weighted by Gasteiger charge is 2.38. The van der Waals surface area contributed by atoms with Crippen LogP contribution in [-0.2, 0) is 4.79 Å². The molecule has 1 aliphatic rings. The van der Waals surface area contributed by atoms with E-state index in [1.165, 1.54) is 6.42 Å². The van der Waals surface area contributed by atoms with Crippen molar-refractivity contribution in [3.05, 3.63) is 0 Å². The van der Waals surface area contributed by atoms with Gasteiger partial charge < -0.3 is 11.1 Å². The van der Waals surface area contributed by atoms with E-state index in [-0.39, 0.29) is 11.9 Å². The summed E-state index contributed by atoms with van der Waals surface area (Å²) in [7, 11) is 0. The molecule has 0 aromatic heterocycles. The number of amides is 1. The summed E-state index contributed by atoms with van der Waals surface area (Å²) >= 11 is 0. The molecule has 3 N–H and O–H groups in total. The molecular weight excluding hydrogens is 200 g/mol. The first-order valence-corrected chi connectivity index (χ1v) is 6.17. The van der Waals surface area contributed by atoms with Crippen LogP contribution < -0.4 is 11.1 Å². The molecule has 0 heterocycles. The van der Waals surface area contributed by atoms with Crippen LogP contribution >= 0.6 is 0 Å². The zero-order chi connectivity index (χ0) is 12.6. The van der Waals surface area contributed by atoms with Gasteiger partial charge in [-0.1, -0.05) is 27.7 Å². The molecule has 0 spiro atoms. The van der Waals surface area contributed by atoms with E-state index in [0.717, 1.165) is 12.8 Å². The number of rotatable bonds is 3. The second-order valence-corrected chi connectivity index (χ2v) is 6.90. The first kappa shape index (κ1) is 13.5. The first-order chi connectivity index (χ1) is 7.11. The standard InChI is InChI=1S/C13H26N2O/c1-9(11(14)16)15-10-6-12(2,3)8-13(4,5)7-10/h9-10,15H,6-8H2,1-5H3,(H2,14,16). The fourth-order valence-electron chi connectivity index (χ4n) is 3.40. The minimum Gasteiger partial charge on any atom is -0.368 e. The van der Waals surface area contributed by atoms with E-state index in [2.05, 4.69) is 33.0 Å². The van der Waals surface area contributed by atoms with Gasteiger partial charge in [0.2, 0.25) is 5.91 Å². The Morgan fingerprint density at radius 1 is 1.25 bits per heavy atom. The van der Waals surface area contributed by atoms with E-state index in [1.807, 2.05) is 6.92 Å². The molecule has 0 saturated heterocycles. The molecule has 1 amide bonds. The lowest BCUT2D eigenvalue weighted by Crippen LogP contribution is -2.50. The van der Waals surface area contributed by atoms with Crippen molar-refractivity contribution in [1.29, 1.82) is 0 Å². The van der Waals surface area contributed by atoms with E-state index in [0.29, 0.717) is 16.9 Å². The number of carbonyl (C=O) groups is 1. The largest absolute Gasteiger partial charge is 0.368 e. The number of nitrogens with two attached hydrogens (primary N) is 1. The second-order valence-electron chi connectivity index (χ2n) is 6.90. The quantitative estimate of drug-likeness (QED) is 0.774. The van der Waals surface area contributed by atoms with Gasteiger partial charge in [0.05, 0.1) is 6.04 Å². The molecule has 94 valence electrons. The third-order valence-electron chi connectivity index (χ3n) is 3.47. The Labute approximate surface area is 99.2 Å². The summed E-state index contributed by atoms with van der Waals surface area (Å²) in [5.74, 6) is -0.263. The molecule has 0 bridgehead atoms. The number of carbonyl (C=O) groups excluding carboxylic acids is 1. The van der Waals surface area contributed by atoms with E-state index >= 15 is 0 Å². The van der Waals surface area contributed by atoms with Crippen LogP contribution in [0.4, 0.5) is 0 Å². The van der Waals surface area contributed by atoms with Gasteiger partial charge in [-0.3, -0.25) is 4.79 Å². The molecule has 1 unspecified atom stereocenters. The van der Waals surface area contributed by atoms with Gasteiger partial charge >= 0.3 is 0 Å². The maximum atomic E-state index is 11.1. The van der Waals surface area contributed by atoms with Crippen LogP contribution in [0.15, 0.2) is 0 Å². The lowest BCUT2D eigenvalue weighted by molar-refractivity contribution is -0.120. The first-order valence-electron chi connectivity index (χ1n) is 6.17. The van der Waals surface area contributed by atoms with Crippen molar-refractivity contribution >= 4 is 5.91 Å². The second kappa shape index (κ2) is 4.36. The molecule has 16 heavy (non-hydrogen) atoms. The van der Waals surface area contributed by atoms with Crippen LogP contribution in [0.2, 0.25) is 0 Å². The molecule has 1 saturated carbocycles. The molecule has 1 aliphatic carbocycles. The van der Waals surface area contributed by atoms with Gasteiger partial charge in [-0.25, -0.2) is 0 Å². The lowest BCUT2D eigenvalue weighted by atomic mass is 9.63. The number of hydrogen-bond donors (Lipinski definition) is 2. The highest BCUT2D eigenvalue weighted by Crippen LogP contribution is 2.45. The third-order valence-corrected chi connectivity index (χ3v) is 3.47. The Morgan fingerprint density at radius 2 is 1.69 bits per heavy atom. The molecular formula is C13H26N2O. The van der Waals surface area contributed by atoms with E-state index in [1.54, 1.807) is 0 Å². The van der Waals surface area contributed by atoms with Crippen LogP contribution in [-0.4, -0.2) is 18.0 Å². The van der Waals surface area contributed by atoms with E-state index in [4.69, 9.17) is 5.73 Å². The summed E-state index contributed by atoms with van der Waals surface area (Å²) in [6.45, 7) is 11.1. The minimum atomic E-state index is -0.263. The fraction of sp³-hybridized carbons (Fsp3) is 0.923. The van der Waals surface area contributed by atoms with Crippen LogP contribution in [0.1, 0.15) is 53.9 Å².